The molecule has 0 heterocycles. The lowest BCUT2D eigenvalue weighted by Crippen LogP contribution is -2.61. The minimum absolute atomic E-state index is 0.104. The molecule has 0 radical (unpaired) electrons. The summed E-state index contributed by atoms with van der Waals surface area (Å²) in [5, 5.41) is 12.8. The molecule has 1 aromatic carbocycles. The maximum Gasteiger partial charge on any atom is 0.407 e. The van der Waals surface area contributed by atoms with E-state index in [0.29, 0.717) is 18.4 Å². The van der Waals surface area contributed by atoms with Crippen LogP contribution in [0.2, 0.25) is 0 Å². The molecule has 2 unspecified atom stereocenters. The maximum absolute atomic E-state index is 15.1. The number of carbonyl (C=O) groups is 1. The van der Waals surface area contributed by atoms with E-state index >= 15 is 4.39 Å². The summed E-state index contributed by atoms with van der Waals surface area (Å²) in [6.45, 7) is 0. The minimum Gasteiger partial charge on any atom is -0.468 e. The number of rotatable bonds is 5. The molecule has 30 heavy (non-hydrogen) atoms. The van der Waals surface area contributed by atoms with Crippen LogP contribution in [0.5, 0.6) is 0 Å². The SMILES string of the molecule is COC(=O)C1(NC(C2=CC=C(c3ccccc3)C(O)(F)C2)C(F)(F)F)CCCCC1. The minimum atomic E-state index is -4.79. The molecular formula is C22H25F4NO3. The summed E-state index contributed by atoms with van der Waals surface area (Å²) in [6.07, 6.45) is -0.938. The van der Waals surface area contributed by atoms with Gasteiger partial charge in [0.15, 0.2) is 0 Å². The number of benzene rings is 1. The van der Waals surface area contributed by atoms with Crippen LogP contribution in [0.4, 0.5) is 17.6 Å². The maximum atomic E-state index is 15.1. The van der Waals surface area contributed by atoms with Gasteiger partial charge in [-0.25, -0.2) is 4.39 Å². The largest absolute Gasteiger partial charge is 0.468 e. The molecule has 1 fully saturated rings. The van der Waals surface area contributed by atoms with Crippen LogP contribution in [0.1, 0.15) is 44.1 Å². The van der Waals surface area contributed by atoms with Gasteiger partial charge >= 0.3 is 12.1 Å². The molecular weight excluding hydrogens is 402 g/mol. The summed E-state index contributed by atoms with van der Waals surface area (Å²) in [5.74, 6) is -3.73. The van der Waals surface area contributed by atoms with Crippen LogP contribution in [0, 0.1) is 0 Å². The highest BCUT2D eigenvalue weighted by Crippen LogP contribution is 2.42. The van der Waals surface area contributed by atoms with Crippen LogP contribution in [0.25, 0.3) is 5.57 Å². The van der Waals surface area contributed by atoms with Crippen molar-refractivity contribution in [1.29, 1.82) is 0 Å². The smallest absolute Gasteiger partial charge is 0.407 e. The summed E-state index contributed by atoms with van der Waals surface area (Å²) in [6, 6.07) is 5.87. The summed E-state index contributed by atoms with van der Waals surface area (Å²) < 4.78 is 61.8. The third-order valence-electron chi connectivity index (χ3n) is 5.80. The van der Waals surface area contributed by atoms with Crippen LogP contribution in [0.3, 0.4) is 0 Å². The first kappa shape index (κ1) is 22.5. The molecule has 3 rings (SSSR count). The van der Waals surface area contributed by atoms with E-state index < -0.39 is 36.0 Å². The molecule has 164 valence electrons. The second-order valence-electron chi connectivity index (χ2n) is 7.88. The topological polar surface area (TPSA) is 58.6 Å². The molecule has 0 aliphatic heterocycles. The average molecular weight is 427 g/mol. The molecule has 0 aromatic heterocycles. The lowest BCUT2D eigenvalue weighted by molar-refractivity contribution is -0.166. The number of nitrogens with one attached hydrogen (secondary N) is 1. The van der Waals surface area contributed by atoms with E-state index in [4.69, 9.17) is 4.74 Å². The molecule has 8 heteroatoms. The van der Waals surface area contributed by atoms with Gasteiger partial charge in [-0.2, -0.15) is 13.2 Å². The molecule has 0 bridgehead atoms. The van der Waals surface area contributed by atoms with Crippen molar-refractivity contribution in [2.75, 3.05) is 7.11 Å². The number of carbonyl (C=O) groups excluding carboxylic acids is 1. The molecule has 2 N–H and O–H groups in total. The van der Waals surface area contributed by atoms with E-state index in [1.165, 1.54) is 12.2 Å². The molecule has 1 saturated carbocycles. The first-order valence-corrected chi connectivity index (χ1v) is 9.90. The Balaban J connectivity index is 1.97. The summed E-state index contributed by atoms with van der Waals surface area (Å²) >= 11 is 0. The molecule has 2 aliphatic rings. The van der Waals surface area contributed by atoms with Gasteiger partial charge < -0.3 is 9.84 Å². The Kier molecular flexibility index (Phi) is 6.38. The van der Waals surface area contributed by atoms with E-state index in [0.717, 1.165) is 13.5 Å². The third kappa shape index (κ3) is 4.59. The Labute approximate surface area is 172 Å². The van der Waals surface area contributed by atoms with Crippen molar-refractivity contribution in [3.8, 4) is 0 Å². The van der Waals surface area contributed by atoms with Crippen molar-refractivity contribution in [1.82, 2.24) is 5.32 Å². The van der Waals surface area contributed by atoms with Gasteiger partial charge in [0.05, 0.1) is 7.11 Å². The second-order valence-corrected chi connectivity index (χ2v) is 7.88. The first-order chi connectivity index (χ1) is 14.1. The van der Waals surface area contributed by atoms with Crippen LogP contribution in [-0.4, -0.2) is 41.8 Å². The predicted octanol–water partition coefficient (Wildman–Crippen LogP) is 4.45. The van der Waals surface area contributed by atoms with Crippen LogP contribution in [0.15, 0.2) is 48.1 Å². The van der Waals surface area contributed by atoms with Gasteiger partial charge in [-0.3, -0.25) is 10.1 Å². The number of hydrogen-bond acceptors (Lipinski definition) is 4. The highest BCUT2D eigenvalue weighted by atomic mass is 19.4. The van der Waals surface area contributed by atoms with Crippen LogP contribution in [-0.2, 0) is 9.53 Å². The van der Waals surface area contributed by atoms with Crippen LogP contribution < -0.4 is 5.32 Å². The zero-order valence-electron chi connectivity index (χ0n) is 16.6. The summed E-state index contributed by atoms with van der Waals surface area (Å²) in [7, 11) is 1.14. The zero-order valence-corrected chi connectivity index (χ0v) is 16.6. The highest BCUT2D eigenvalue weighted by molar-refractivity contribution is 5.81. The van der Waals surface area contributed by atoms with Crippen molar-refractivity contribution < 1.29 is 32.2 Å². The Morgan fingerprint density at radius 1 is 1.13 bits per heavy atom. The lowest BCUT2D eigenvalue weighted by Gasteiger charge is -2.41. The van der Waals surface area contributed by atoms with E-state index in [1.54, 1.807) is 30.3 Å². The van der Waals surface area contributed by atoms with E-state index in [-0.39, 0.29) is 24.0 Å². The van der Waals surface area contributed by atoms with Crippen molar-refractivity contribution in [2.45, 2.75) is 62.1 Å². The van der Waals surface area contributed by atoms with Crippen LogP contribution >= 0.6 is 0 Å². The Bertz CT molecular complexity index is 825. The zero-order chi connectivity index (χ0) is 22.0. The second kappa shape index (κ2) is 8.51. The normalized spacial score (nSPS) is 25.1. The standard InChI is InChI=1S/C22H25F4NO3/c1-30-19(28)20(12-6-3-7-13-20)27-18(22(24,25)26)16-10-11-17(21(23,29)14-16)15-8-4-2-5-9-15/h2,4-5,8-11,18,27,29H,3,6-7,12-14H2,1H3. The van der Waals surface area contributed by atoms with Gasteiger partial charge in [-0.15, -0.1) is 0 Å². The quantitative estimate of drug-likeness (QED) is 0.538. The number of halogens is 4. The van der Waals surface area contributed by atoms with Gasteiger partial charge in [0, 0.05) is 12.0 Å². The van der Waals surface area contributed by atoms with Crippen molar-refractivity contribution in [3.05, 3.63) is 53.6 Å². The summed E-state index contributed by atoms with van der Waals surface area (Å²) in [4.78, 5) is 12.4. The third-order valence-corrected chi connectivity index (χ3v) is 5.80. The number of esters is 1. The molecule has 0 amide bonds. The van der Waals surface area contributed by atoms with Gasteiger partial charge in [-0.1, -0.05) is 61.7 Å². The molecule has 2 atom stereocenters. The average Bonchev–Trinajstić information content (AvgIpc) is 2.71. The lowest BCUT2D eigenvalue weighted by atomic mass is 9.79. The number of methoxy groups -OCH3 is 1. The Hall–Kier alpha value is -2.19. The molecule has 4 nitrogen and oxygen atoms in total. The summed E-state index contributed by atoms with van der Waals surface area (Å²) in [5.41, 5.74) is -1.59. The Morgan fingerprint density at radius 3 is 2.30 bits per heavy atom. The number of aliphatic hydroxyl groups is 1. The molecule has 0 spiro atoms. The monoisotopic (exact) mass is 427 g/mol. The number of alkyl halides is 4. The fraction of sp³-hybridized carbons (Fsp3) is 0.500. The van der Waals surface area contributed by atoms with Gasteiger partial charge in [0.25, 0.3) is 0 Å². The fourth-order valence-corrected chi connectivity index (χ4v) is 4.30. The van der Waals surface area contributed by atoms with E-state index in [9.17, 15) is 23.1 Å². The van der Waals surface area contributed by atoms with Crippen molar-refractivity contribution in [3.63, 3.8) is 0 Å². The molecule has 0 saturated heterocycles. The Morgan fingerprint density at radius 2 is 1.77 bits per heavy atom. The van der Waals surface area contributed by atoms with E-state index in [2.05, 4.69) is 5.32 Å². The number of ether oxygens (including phenoxy) is 1. The van der Waals surface area contributed by atoms with Crippen molar-refractivity contribution >= 4 is 11.5 Å². The molecule has 1 aromatic rings. The molecule has 2 aliphatic carbocycles. The van der Waals surface area contributed by atoms with Crippen molar-refractivity contribution in [2.24, 2.45) is 0 Å². The van der Waals surface area contributed by atoms with Gasteiger partial charge in [-0.05, 0) is 24.0 Å². The van der Waals surface area contributed by atoms with Gasteiger partial charge in [0.1, 0.15) is 11.6 Å². The highest BCUT2D eigenvalue weighted by Gasteiger charge is 2.52. The van der Waals surface area contributed by atoms with E-state index in [1.807, 2.05) is 0 Å². The fourth-order valence-electron chi connectivity index (χ4n) is 4.30. The number of allylic oxidation sites excluding steroid dienone is 2. The first-order valence-electron chi connectivity index (χ1n) is 9.90. The number of hydrogen-bond donors (Lipinski definition) is 2. The predicted molar refractivity (Wildman–Crippen MR) is 104 cm³/mol. The van der Waals surface area contributed by atoms with Gasteiger partial charge in [0.2, 0.25) is 5.85 Å².